The van der Waals surface area contributed by atoms with Crippen molar-refractivity contribution >= 4 is 109 Å². The molecule has 15 nitrogen and oxygen atoms in total. The van der Waals surface area contributed by atoms with Gasteiger partial charge in [-0.3, -0.25) is 22.8 Å². The second-order valence-electron chi connectivity index (χ2n) is 14.7. The number of halogens is 5. The van der Waals surface area contributed by atoms with Gasteiger partial charge >= 0.3 is 0 Å². The molecule has 0 saturated heterocycles. The SMILES string of the molecule is CCCCCCc1c(-c2ccc(Cl)cc2S(=O)(=O)O)c(-c2ccc(Cl)cc2S(=O)(=O)O)c(-c2ccc(Cl)cc2S(=O)(=O)O)c(-c2ccc(Cl)cc2S(=O)(=O)O)c1-c1ccc(Cl)cc1S(=O)(=O)O. The minimum atomic E-state index is -5.52. The zero-order chi connectivity index (χ0) is 49.8. The lowest BCUT2D eigenvalue weighted by atomic mass is 9.74. The Labute approximate surface area is 411 Å². The van der Waals surface area contributed by atoms with Gasteiger partial charge in [0.05, 0.1) is 0 Å². The Morgan fingerprint density at radius 1 is 0.343 bits per heavy atom. The predicted octanol–water partition coefficient (Wildman–Crippen LogP) is 11.6. The van der Waals surface area contributed by atoms with E-state index in [4.69, 9.17) is 58.0 Å². The lowest BCUT2D eigenvalue weighted by molar-refractivity contribution is 0.481. The minimum absolute atomic E-state index is 0.116. The van der Waals surface area contributed by atoms with Crippen LogP contribution in [0.3, 0.4) is 0 Å². The van der Waals surface area contributed by atoms with Gasteiger partial charge in [0.15, 0.2) is 0 Å². The van der Waals surface area contributed by atoms with E-state index in [2.05, 4.69) is 0 Å². The van der Waals surface area contributed by atoms with E-state index >= 15 is 0 Å². The molecule has 0 bridgehead atoms. The molecule has 0 saturated carbocycles. The summed E-state index contributed by atoms with van der Waals surface area (Å²) in [5, 5.41) is -1.50. The van der Waals surface area contributed by atoms with E-state index in [1.807, 2.05) is 6.92 Å². The summed E-state index contributed by atoms with van der Waals surface area (Å²) >= 11 is 31.6. The molecular weight excluding hydrogens is 1080 g/mol. The Morgan fingerprint density at radius 2 is 0.567 bits per heavy atom. The molecule has 6 aromatic carbocycles. The predicted molar refractivity (Wildman–Crippen MR) is 256 cm³/mol. The van der Waals surface area contributed by atoms with Crippen molar-refractivity contribution in [1.29, 1.82) is 0 Å². The Kier molecular flexibility index (Phi) is 15.4. The topological polar surface area (TPSA) is 272 Å². The Balaban J connectivity index is 2.24. The standard InChI is InChI=1S/C42H33Cl5O15S5/c1-2-3-4-5-6-32-38(27-12-7-22(43)17-33(27)63(48,49)50)40(29-14-9-24(45)19-35(29)65(54,55)56)42(31-16-11-26(47)21-37(31)67(60,61)62)41(30-15-10-25(46)20-36(30)66(57,58)59)39(32)28-13-8-23(44)18-34(28)64(51,52)53/h7-21H,2-6H2,1H3,(H,48,49,50)(H,51,52,53)(H,54,55,56)(H,57,58,59)(H,60,61,62). The fourth-order valence-electron chi connectivity index (χ4n) is 7.76. The second kappa shape index (κ2) is 19.6. The summed E-state index contributed by atoms with van der Waals surface area (Å²) < 4.78 is 190. The number of hydrogen-bond acceptors (Lipinski definition) is 10. The molecule has 0 heterocycles. The largest absolute Gasteiger partial charge is 0.295 e. The van der Waals surface area contributed by atoms with E-state index in [9.17, 15) is 64.9 Å². The normalized spacial score (nSPS) is 12.7. The molecule has 25 heteroatoms. The third kappa shape index (κ3) is 11.4. The molecule has 0 unspecified atom stereocenters. The van der Waals surface area contributed by atoms with Crippen molar-refractivity contribution in [1.82, 2.24) is 0 Å². The van der Waals surface area contributed by atoms with Crippen LogP contribution in [-0.2, 0) is 57.0 Å². The van der Waals surface area contributed by atoms with Crippen LogP contribution in [0.25, 0.3) is 55.6 Å². The van der Waals surface area contributed by atoms with E-state index < -0.39 is 131 Å². The smallest absolute Gasteiger partial charge is 0.282 e. The zero-order valence-corrected chi connectivity index (χ0v) is 41.8. The first-order valence-corrected chi connectivity index (χ1v) is 28.1. The van der Waals surface area contributed by atoms with Crippen LogP contribution in [0.15, 0.2) is 115 Å². The van der Waals surface area contributed by atoms with Crippen LogP contribution in [0.4, 0.5) is 0 Å². The van der Waals surface area contributed by atoms with Crippen LogP contribution in [-0.4, -0.2) is 64.9 Å². The van der Waals surface area contributed by atoms with E-state index in [1.165, 1.54) is 0 Å². The molecule has 5 N–H and O–H groups in total. The second-order valence-corrected chi connectivity index (χ2v) is 23.9. The number of benzene rings is 6. The maximum absolute atomic E-state index is 13.6. The van der Waals surface area contributed by atoms with Gasteiger partial charge in [0.1, 0.15) is 24.5 Å². The van der Waals surface area contributed by atoms with E-state index in [0.717, 1.165) is 91.0 Å². The molecule has 0 radical (unpaired) electrons. The Morgan fingerprint density at radius 3 is 0.791 bits per heavy atom. The fourth-order valence-corrected chi connectivity index (χ4v) is 12.6. The van der Waals surface area contributed by atoms with Crippen LogP contribution < -0.4 is 0 Å². The summed E-state index contributed by atoms with van der Waals surface area (Å²) in [4.78, 5) is -5.06. The third-order valence-electron chi connectivity index (χ3n) is 10.3. The van der Waals surface area contributed by atoms with Crippen LogP contribution in [0.2, 0.25) is 25.1 Å². The highest BCUT2D eigenvalue weighted by atomic mass is 35.5. The average Bonchev–Trinajstić information content (AvgIpc) is 3.20. The van der Waals surface area contributed by atoms with Crippen molar-refractivity contribution < 1.29 is 64.9 Å². The Hall–Kier alpha value is -3.68. The van der Waals surface area contributed by atoms with Crippen molar-refractivity contribution in [3.8, 4) is 55.6 Å². The third-order valence-corrected chi connectivity index (χ3v) is 16.0. The van der Waals surface area contributed by atoms with Gasteiger partial charge in [-0.2, -0.15) is 42.1 Å². The molecule has 0 atom stereocenters. The number of rotatable bonds is 15. The summed E-state index contributed by atoms with van der Waals surface area (Å²) in [6, 6.07) is 14.7. The van der Waals surface area contributed by atoms with Crippen LogP contribution in [0.5, 0.6) is 0 Å². The maximum Gasteiger partial charge on any atom is 0.295 e. The van der Waals surface area contributed by atoms with Gasteiger partial charge in [0.25, 0.3) is 50.6 Å². The average molecular weight is 1120 g/mol. The molecule has 6 aromatic rings. The van der Waals surface area contributed by atoms with Gasteiger partial charge in [-0.1, -0.05) is 115 Å². The first-order valence-electron chi connectivity index (χ1n) is 19.0. The summed E-state index contributed by atoms with van der Waals surface area (Å²) in [6.07, 6.45) is 1.40. The maximum atomic E-state index is 13.6. The molecule has 6 rings (SSSR count). The molecule has 67 heavy (non-hydrogen) atoms. The van der Waals surface area contributed by atoms with E-state index in [1.54, 1.807) is 0 Å². The van der Waals surface area contributed by atoms with E-state index in [-0.39, 0.29) is 43.5 Å². The molecule has 0 aliphatic heterocycles. The van der Waals surface area contributed by atoms with Crippen molar-refractivity contribution in [3.05, 3.63) is 122 Å². The molecule has 0 aromatic heterocycles. The minimum Gasteiger partial charge on any atom is -0.282 e. The molecule has 0 aliphatic rings. The van der Waals surface area contributed by atoms with Gasteiger partial charge in [-0.25, -0.2) is 0 Å². The monoisotopic (exact) mass is 1110 g/mol. The zero-order valence-electron chi connectivity index (χ0n) is 33.9. The Bertz CT molecular complexity index is 3420. The van der Waals surface area contributed by atoms with Crippen molar-refractivity contribution in [2.24, 2.45) is 0 Å². The highest BCUT2D eigenvalue weighted by Gasteiger charge is 2.37. The quantitative estimate of drug-likeness (QED) is 0.0472. The molecule has 0 fully saturated rings. The molecule has 0 aliphatic carbocycles. The molecule has 0 amide bonds. The van der Waals surface area contributed by atoms with Gasteiger partial charge in [-0.05, 0) is 101 Å². The van der Waals surface area contributed by atoms with Crippen LogP contribution in [0.1, 0.15) is 38.2 Å². The molecule has 356 valence electrons. The van der Waals surface area contributed by atoms with Gasteiger partial charge in [0, 0.05) is 58.5 Å². The fraction of sp³-hybridized carbons (Fsp3) is 0.143. The van der Waals surface area contributed by atoms with E-state index in [0.29, 0.717) is 19.3 Å². The summed E-state index contributed by atoms with van der Waals surface area (Å²) in [5.41, 5.74) is -6.04. The summed E-state index contributed by atoms with van der Waals surface area (Å²) in [6.45, 7) is 1.87. The van der Waals surface area contributed by atoms with Gasteiger partial charge < -0.3 is 0 Å². The van der Waals surface area contributed by atoms with Crippen LogP contribution in [0, 0.1) is 0 Å². The van der Waals surface area contributed by atoms with Crippen molar-refractivity contribution in [2.75, 3.05) is 0 Å². The van der Waals surface area contributed by atoms with Crippen LogP contribution >= 0.6 is 58.0 Å². The first-order chi connectivity index (χ1) is 30.9. The number of unbranched alkanes of at least 4 members (excludes halogenated alkanes) is 3. The lowest BCUT2D eigenvalue weighted by Gasteiger charge is -2.31. The highest BCUT2D eigenvalue weighted by Crippen LogP contribution is 2.57. The lowest BCUT2D eigenvalue weighted by Crippen LogP contribution is -2.12. The van der Waals surface area contributed by atoms with Crippen molar-refractivity contribution in [2.45, 2.75) is 63.5 Å². The first kappa shape index (κ1) is 52.7. The highest BCUT2D eigenvalue weighted by molar-refractivity contribution is 7.87. The molecule has 0 spiro atoms. The molecular formula is C42H33Cl5O15S5. The summed E-state index contributed by atoms with van der Waals surface area (Å²) in [7, 11) is -27.3. The van der Waals surface area contributed by atoms with Gasteiger partial charge in [-0.15, -0.1) is 0 Å². The number of hydrogen-bond donors (Lipinski definition) is 5. The summed E-state index contributed by atoms with van der Waals surface area (Å²) in [5.74, 6) is 0. The van der Waals surface area contributed by atoms with Gasteiger partial charge in [0.2, 0.25) is 0 Å². The van der Waals surface area contributed by atoms with Crippen molar-refractivity contribution in [3.63, 3.8) is 0 Å².